The molecule has 1 fully saturated rings. The van der Waals surface area contributed by atoms with Gasteiger partial charge in [-0.1, -0.05) is 0 Å². The van der Waals surface area contributed by atoms with Crippen molar-refractivity contribution in [1.82, 2.24) is 9.88 Å². The van der Waals surface area contributed by atoms with Crippen molar-refractivity contribution in [2.75, 3.05) is 19.8 Å². The first-order valence-corrected chi connectivity index (χ1v) is 5.80. The number of nitrogens with zero attached hydrogens (tertiary/aromatic N) is 1. The monoisotopic (exact) mass is 224 g/mol. The van der Waals surface area contributed by atoms with Crippen LogP contribution < -0.4 is 5.32 Å². The summed E-state index contributed by atoms with van der Waals surface area (Å²) in [6, 6.07) is 2.08. The van der Waals surface area contributed by atoms with E-state index < -0.39 is 5.60 Å². The van der Waals surface area contributed by atoms with E-state index in [1.807, 2.05) is 17.8 Å². The molecule has 90 valence electrons. The fourth-order valence-corrected chi connectivity index (χ4v) is 2.03. The van der Waals surface area contributed by atoms with Gasteiger partial charge in [0, 0.05) is 58.6 Å². The molecule has 0 unspecified atom stereocenters. The zero-order chi connectivity index (χ0) is 11.4. The van der Waals surface area contributed by atoms with E-state index in [0.29, 0.717) is 19.8 Å². The van der Waals surface area contributed by atoms with E-state index in [0.717, 1.165) is 19.4 Å². The number of ether oxygens (including phenoxy) is 1. The minimum Gasteiger partial charge on any atom is -0.388 e. The highest BCUT2D eigenvalue weighted by atomic mass is 16.5. The standard InChI is InChI=1S/C12H20N2O2/c1-14-5-2-11(9-14)8-13-10-12(15)3-6-16-7-4-12/h2,5,9,13,15H,3-4,6-8,10H2,1H3. The summed E-state index contributed by atoms with van der Waals surface area (Å²) in [6.45, 7) is 2.79. The Morgan fingerprint density at radius 1 is 1.50 bits per heavy atom. The Balaban J connectivity index is 1.74. The second-order valence-electron chi connectivity index (χ2n) is 4.63. The smallest absolute Gasteiger partial charge is 0.0815 e. The van der Waals surface area contributed by atoms with Gasteiger partial charge >= 0.3 is 0 Å². The predicted molar refractivity (Wildman–Crippen MR) is 62.1 cm³/mol. The summed E-state index contributed by atoms with van der Waals surface area (Å²) in [6.07, 6.45) is 5.57. The third-order valence-electron chi connectivity index (χ3n) is 3.10. The fraction of sp³-hybridized carbons (Fsp3) is 0.667. The Hall–Kier alpha value is -0.840. The van der Waals surface area contributed by atoms with Gasteiger partial charge in [-0.05, 0) is 11.6 Å². The van der Waals surface area contributed by atoms with Crippen LogP contribution in [0.4, 0.5) is 0 Å². The van der Waals surface area contributed by atoms with Crippen LogP contribution in [-0.2, 0) is 18.3 Å². The molecule has 1 aliphatic rings. The van der Waals surface area contributed by atoms with Crippen LogP contribution in [0.15, 0.2) is 18.5 Å². The second-order valence-corrected chi connectivity index (χ2v) is 4.63. The average molecular weight is 224 g/mol. The molecule has 1 saturated heterocycles. The highest BCUT2D eigenvalue weighted by Crippen LogP contribution is 2.19. The number of hydrogen-bond donors (Lipinski definition) is 2. The molecule has 0 aromatic carbocycles. The quantitative estimate of drug-likeness (QED) is 0.789. The molecule has 4 heteroatoms. The third-order valence-corrected chi connectivity index (χ3v) is 3.10. The molecule has 1 aromatic rings. The molecule has 1 aliphatic heterocycles. The molecule has 0 spiro atoms. The molecule has 1 aromatic heterocycles. The van der Waals surface area contributed by atoms with Gasteiger partial charge in [-0.25, -0.2) is 0 Å². The highest BCUT2D eigenvalue weighted by molar-refractivity contribution is 5.09. The maximum Gasteiger partial charge on any atom is 0.0815 e. The van der Waals surface area contributed by atoms with Crippen LogP contribution in [0, 0.1) is 0 Å². The molecule has 2 N–H and O–H groups in total. The number of aliphatic hydroxyl groups is 1. The van der Waals surface area contributed by atoms with E-state index >= 15 is 0 Å². The maximum atomic E-state index is 10.2. The van der Waals surface area contributed by atoms with Gasteiger partial charge in [0.2, 0.25) is 0 Å². The molecule has 0 saturated carbocycles. The first kappa shape index (κ1) is 11.6. The van der Waals surface area contributed by atoms with Gasteiger partial charge < -0.3 is 19.7 Å². The zero-order valence-corrected chi connectivity index (χ0v) is 9.78. The Kier molecular flexibility index (Phi) is 3.63. The van der Waals surface area contributed by atoms with Gasteiger partial charge in [0.15, 0.2) is 0 Å². The third kappa shape index (κ3) is 3.07. The normalized spacial score (nSPS) is 19.9. The molecule has 16 heavy (non-hydrogen) atoms. The van der Waals surface area contributed by atoms with Gasteiger partial charge in [-0.15, -0.1) is 0 Å². The molecule has 0 amide bonds. The van der Waals surface area contributed by atoms with E-state index in [9.17, 15) is 5.11 Å². The molecule has 0 aliphatic carbocycles. The van der Waals surface area contributed by atoms with Gasteiger partial charge in [-0.2, -0.15) is 0 Å². The molecule has 0 atom stereocenters. The largest absolute Gasteiger partial charge is 0.388 e. The molecule has 0 bridgehead atoms. The lowest BCUT2D eigenvalue weighted by molar-refractivity contribution is -0.0617. The van der Waals surface area contributed by atoms with E-state index in [1.54, 1.807) is 0 Å². The Labute approximate surface area is 96.2 Å². The minimum atomic E-state index is -0.576. The average Bonchev–Trinajstić information content (AvgIpc) is 2.65. The van der Waals surface area contributed by atoms with Crippen molar-refractivity contribution in [3.05, 3.63) is 24.0 Å². The highest BCUT2D eigenvalue weighted by Gasteiger charge is 2.28. The Morgan fingerprint density at radius 2 is 2.25 bits per heavy atom. The van der Waals surface area contributed by atoms with Crippen LogP contribution in [-0.4, -0.2) is 35.0 Å². The molecule has 0 radical (unpaired) electrons. The van der Waals surface area contributed by atoms with Crippen LogP contribution in [0.2, 0.25) is 0 Å². The van der Waals surface area contributed by atoms with E-state index in [-0.39, 0.29) is 0 Å². The SMILES string of the molecule is Cn1ccc(CNCC2(O)CCOCC2)c1. The van der Waals surface area contributed by atoms with Crippen molar-refractivity contribution in [1.29, 1.82) is 0 Å². The second kappa shape index (κ2) is 4.99. The lowest BCUT2D eigenvalue weighted by Crippen LogP contribution is -2.44. The van der Waals surface area contributed by atoms with Gasteiger partial charge in [0.1, 0.15) is 0 Å². The number of aryl methyl sites for hydroxylation is 1. The van der Waals surface area contributed by atoms with E-state index in [2.05, 4.69) is 17.6 Å². The van der Waals surface area contributed by atoms with E-state index in [4.69, 9.17) is 4.74 Å². The lowest BCUT2D eigenvalue weighted by Gasteiger charge is -2.32. The summed E-state index contributed by atoms with van der Waals surface area (Å²) in [5.74, 6) is 0. The van der Waals surface area contributed by atoms with Crippen molar-refractivity contribution in [3.8, 4) is 0 Å². The maximum absolute atomic E-state index is 10.2. The fourth-order valence-electron chi connectivity index (χ4n) is 2.03. The summed E-state index contributed by atoms with van der Waals surface area (Å²) in [4.78, 5) is 0. The van der Waals surface area contributed by atoms with Crippen LogP contribution in [0.1, 0.15) is 18.4 Å². The van der Waals surface area contributed by atoms with Crippen molar-refractivity contribution >= 4 is 0 Å². The predicted octanol–water partition coefficient (Wildman–Crippen LogP) is 0.656. The number of hydrogen-bond acceptors (Lipinski definition) is 3. The van der Waals surface area contributed by atoms with Crippen LogP contribution in [0.3, 0.4) is 0 Å². The molecular formula is C12H20N2O2. The Bertz CT molecular complexity index is 330. The first-order chi connectivity index (χ1) is 7.68. The molecule has 4 nitrogen and oxygen atoms in total. The van der Waals surface area contributed by atoms with Crippen LogP contribution in [0.25, 0.3) is 0 Å². The van der Waals surface area contributed by atoms with Gasteiger partial charge in [0.25, 0.3) is 0 Å². The molecule has 2 heterocycles. The summed E-state index contributed by atoms with van der Waals surface area (Å²) >= 11 is 0. The number of nitrogens with one attached hydrogen (secondary N) is 1. The molecule has 2 rings (SSSR count). The van der Waals surface area contributed by atoms with Crippen LogP contribution in [0.5, 0.6) is 0 Å². The lowest BCUT2D eigenvalue weighted by atomic mass is 9.94. The summed E-state index contributed by atoms with van der Waals surface area (Å²) in [5.41, 5.74) is 0.672. The minimum absolute atomic E-state index is 0.576. The first-order valence-electron chi connectivity index (χ1n) is 5.80. The summed E-state index contributed by atoms with van der Waals surface area (Å²) in [5, 5.41) is 13.5. The van der Waals surface area contributed by atoms with E-state index in [1.165, 1.54) is 5.56 Å². The number of rotatable bonds is 4. The van der Waals surface area contributed by atoms with Crippen molar-refractivity contribution in [2.24, 2.45) is 7.05 Å². The van der Waals surface area contributed by atoms with Crippen molar-refractivity contribution < 1.29 is 9.84 Å². The summed E-state index contributed by atoms with van der Waals surface area (Å²) < 4.78 is 7.27. The van der Waals surface area contributed by atoms with Crippen molar-refractivity contribution in [3.63, 3.8) is 0 Å². The molecular weight excluding hydrogens is 204 g/mol. The van der Waals surface area contributed by atoms with Gasteiger partial charge in [0.05, 0.1) is 5.60 Å². The van der Waals surface area contributed by atoms with Crippen molar-refractivity contribution in [2.45, 2.75) is 25.0 Å². The zero-order valence-electron chi connectivity index (χ0n) is 9.78. The Morgan fingerprint density at radius 3 is 2.88 bits per heavy atom. The van der Waals surface area contributed by atoms with Gasteiger partial charge in [-0.3, -0.25) is 0 Å². The topological polar surface area (TPSA) is 46.4 Å². The van der Waals surface area contributed by atoms with Crippen LogP contribution >= 0.6 is 0 Å². The summed E-state index contributed by atoms with van der Waals surface area (Å²) in [7, 11) is 2.01. The number of aromatic nitrogens is 1.